The maximum absolute atomic E-state index is 11.6. The number of rotatable bonds is 7. The van der Waals surface area contributed by atoms with Crippen molar-refractivity contribution in [1.29, 1.82) is 0 Å². The molecule has 0 aromatic heterocycles. The van der Waals surface area contributed by atoms with Gasteiger partial charge in [-0.2, -0.15) is 11.8 Å². The van der Waals surface area contributed by atoms with Gasteiger partial charge in [-0.15, -0.1) is 24.0 Å². The zero-order chi connectivity index (χ0) is 14.1. The topological polar surface area (TPSA) is 73.8 Å². The van der Waals surface area contributed by atoms with Gasteiger partial charge >= 0.3 is 0 Å². The van der Waals surface area contributed by atoms with E-state index in [4.69, 9.17) is 0 Å². The van der Waals surface area contributed by atoms with E-state index in [-0.39, 0.29) is 29.7 Å². The molecule has 1 aliphatic rings. The molecule has 0 saturated carbocycles. The second kappa shape index (κ2) is 10.9. The smallest absolute Gasteiger partial charge is 0.214 e. The molecule has 0 radical (unpaired) electrons. The van der Waals surface area contributed by atoms with E-state index >= 15 is 0 Å². The first-order valence-corrected chi connectivity index (χ1v) is 9.59. The summed E-state index contributed by atoms with van der Waals surface area (Å²) < 4.78 is 24.8. The Balaban J connectivity index is 0.00000361. The molecule has 0 aliphatic carbocycles. The molecule has 1 saturated heterocycles. The van der Waals surface area contributed by atoms with Crippen LogP contribution in [-0.2, 0) is 10.0 Å². The first kappa shape index (κ1) is 20.3. The number of sulfonamides is 1. The first-order valence-electron chi connectivity index (χ1n) is 6.59. The number of hydrogen-bond acceptors (Lipinski definition) is 4. The van der Waals surface area contributed by atoms with Crippen molar-refractivity contribution in [3.8, 4) is 0 Å². The van der Waals surface area contributed by atoms with Crippen molar-refractivity contribution in [2.45, 2.75) is 13.3 Å². The maximum atomic E-state index is 11.6. The predicted molar refractivity (Wildman–Crippen MR) is 97.8 cm³/mol. The molecule has 1 aliphatic heterocycles. The molecule has 9 heteroatoms. The van der Waals surface area contributed by atoms with E-state index in [1.54, 1.807) is 11.8 Å². The summed E-state index contributed by atoms with van der Waals surface area (Å²) >= 11 is 1.77. The van der Waals surface area contributed by atoms with E-state index in [2.05, 4.69) is 21.9 Å². The molecule has 120 valence electrons. The van der Waals surface area contributed by atoms with Crippen LogP contribution in [0.15, 0.2) is 4.99 Å². The van der Waals surface area contributed by atoms with Gasteiger partial charge in [-0.05, 0) is 19.6 Å². The van der Waals surface area contributed by atoms with E-state index in [0.717, 1.165) is 31.2 Å². The van der Waals surface area contributed by atoms with Gasteiger partial charge in [0.25, 0.3) is 0 Å². The third-order valence-electron chi connectivity index (χ3n) is 2.77. The summed E-state index contributed by atoms with van der Waals surface area (Å²) in [5.41, 5.74) is 0. The van der Waals surface area contributed by atoms with Gasteiger partial charge in [-0.1, -0.05) is 0 Å². The number of hydrogen-bond donors (Lipinski definition) is 2. The molecule has 0 bridgehead atoms. The molecule has 0 unspecified atom stereocenters. The molecular formula is C11H25IN4O2S2. The van der Waals surface area contributed by atoms with Gasteiger partial charge in [-0.25, -0.2) is 12.7 Å². The van der Waals surface area contributed by atoms with Crippen LogP contribution in [0.3, 0.4) is 0 Å². The zero-order valence-corrected chi connectivity index (χ0v) is 16.1. The number of guanidine groups is 1. The summed E-state index contributed by atoms with van der Waals surface area (Å²) in [5.74, 6) is 2.06. The average molecular weight is 436 g/mol. The largest absolute Gasteiger partial charge is 0.357 e. The van der Waals surface area contributed by atoms with Crippen molar-refractivity contribution in [3.63, 3.8) is 0 Å². The highest BCUT2D eigenvalue weighted by molar-refractivity contribution is 14.0. The molecule has 2 N–H and O–H groups in total. The standard InChI is InChI=1S/C11H24N4O2S2.HI/c1-3-12-11(14-6-9-18-2)13-5-8-15-7-4-10-19(15,16)17;/h3-10H2,1-2H3,(H2,12,13,14);1H. The SMILES string of the molecule is CCNC(=NCCN1CCCS1(=O)=O)NCCSC.I. The van der Waals surface area contributed by atoms with Crippen molar-refractivity contribution >= 4 is 51.7 Å². The number of nitrogens with one attached hydrogen (secondary N) is 2. The fraction of sp³-hybridized carbons (Fsp3) is 0.909. The van der Waals surface area contributed by atoms with E-state index in [9.17, 15) is 8.42 Å². The Labute approximate surface area is 143 Å². The number of halogens is 1. The Morgan fingerprint density at radius 1 is 1.40 bits per heavy atom. The lowest BCUT2D eigenvalue weighted by atomic mass is 10.5. The lowest BCUT2D eigenvalue weighted by Crippen LogP contribution is -2.39. The third-order valence-corrected chi connectivity index (χ3v) is 5.33. The highest BCUT2D eigenvalue weighted by atomic mass is 127. The minimum atomic E-state index is -3.00. The highest BCUT2D eigenvalue weighted by Gasteiger charge is 2.27. The van der Waals surface area contributed by atoms with Crippen LogP contribution >= 0.6 is 35.7 Å². The predicted octanol–water partition coefficient (Wildman–Crippen LogP) is 0.558. The molecular weight excluding hydrogens is 411 g/mol. The fourth-order valence-corrected chi connectivity index (χ4v) is 3.65. The van der Waals surface area contributed by atoms with Crippen molar-refractivity contribution < 1.29 is 8.42 Å². The van der Waals surface area contributed by atoms with E-state index in [1.807, 2.05) is 6.92 Å². The Morgan fingerprint density at radius 3 is 2.70 bits per heavy atom. The second-order valence-electron chi connectivity index (χ2n) is 4.25. The van der Waals surface area contributed by atoms with Gasteiger partial charge in [-0.3, -0.25) is 4.99 Å². The summed E-state index contributed by atoms with van der Waals surface area (Å²) in [6.07, 6.45) is 2.79. The molecule has 1 fully saturated rings. The third kappa shape index (κ3) is 7.32. The van der Waals surface area contributed by atoms with Crippen LogP contribution in [0.5, 0.6) is 0 Å². The summed E-state index contributed by atoms with van der Waals surface area (Å²) in [5, 5.41) is 6.37. The molecule has 0 spiro atoms. The lowest BCUT2D eigenvalue weighted by molar-refractivity contribution is 0.452. The van der Waals surface area contributed by atoms with E-state index < -0.39 is 10.0 Å². The summed E-state index contributed by atoms with van der Waals surface area (Å²) in [6, 6.07) is 0. The van der Waals surface area contributed by atoms with Gasteiger partial charge in [0.2, 0.25) is 10.0 Å². The molecule has 1 heterocycles. The van der Waals surface area contributed by atoms with E-state index in [1.165, 1.54) is 4.31 Å². The van der Waals surface area contributed by atoms with E-state index in [0.29, 0.717) is 19.6 Å². The van der Waals surface area contributed by atoms with Crippen molar-refractivity contribution in [2.24, 2.45) is 4.99 Å². The molecule has 0 atom stereocenters. The van der Waals surface area contributed by atoms with Crippen molar-refractivity contribution in [3.05, 3.63) is 0 Å². The Bertz CT molecular complexity index is 390. The minimum Gasteiger partial charge on any atom is -0.357 e. The quantitative estimate of drug-likeness (QED) is 0.264. The van der Waals surface area contributed by atoms with Crippen LogP contribution in [0.2, 0.25) is 0 Å². The summed E-state index contributed by atoms with van der Waals surface area (Å²) in [7, 11) is -3.00. The number of aliphatic imine (C=N–C) groups is 1. The molecule has 0 aromatic rings. The zero-order valence-electron chi connectivity index (χ0n) is 12.1. The van der Waals surface area contributed by atoms with Gasteiger partial charge < -0.3 is 10.6 Å². The summed E-state index contributed by atoms with van der Waals surface area (Å²) in [4.78, 5) is 4.39. The molecule has 6 nitrogen and oxygen atoms in total. The lowest BCUT2D eigenvalue weighted by Gasteiger charge is -2.14. The number of nitrogens with zero attached hydrogens (tertiary/aromatic N) is 2. The monoisotopic (exact) mass is 436 g/mol. The fourth-order valence-electron chi connectivity index (χ4n) is 1.83. The van der Waals surface area contributed by atoms with Gasteiger partial charge in [0.15, 0.2) is 5.96 Å². The molecule has 20 heavy (non-hydrogen) atoms. The summed E-state index contributed by atoms with van der Waals surface area (Å²) in [6.45, 7) is 5.27. The van der Waals surface area contributed by atoms with Crippen LogP contribution in [0.1, 0.15) is 13.3 Å². The Morgan fingerprint density at radius 2 is 2.15 bits per heavy atom. The van der Waals surface area contributed by atoms with Crippen molar-refractivity contribution in [2.75, 3.05) is 50.5 Å². The van der Waals surface area contributed by atoms with Crippen LogP contribution in [0.4, 0.5) is 0 Å². The van der Waals surface area contributed by atoms with Gasteiger partial charge in [0, 0.05) is 31.9 Å². The van der Waals surface area contributed by atoms with Gasteiger partial charge in [0.1, 0.15) is 0 Å². The Kier molecular flexibility index (Phi) is 11.1. The minimum absolute atomic E-state index is 0. The Hall–Kier alpha value is 0.260. The average Bonchev–Trinajstić information content (AvgIpc) is 2.69. The number of thioether (sulfide) groups is 1. The normalized spacial score (nSPS) is 18.6. The van der Waals surface area contributed by atoms with Gasteiger partial charge in [0.05, 0.1) is 12.3 Å². The van der Waals surface area contributed by atoms with Crippen LogP contribution in [0.25, 0.3) is 0 Å². The maximum Gasteiger partial charge on any atom is 0.214 e. The molecule has 0 amide bonds. The molecule has 0 aromatic carbocycles. The second-order valence-corrected chi connectivity index (χ2v) is 7.32. The van der Waals surface area contributed by atoms with Crippen LogP contribution in [-0.4, -0.2) is 69.2 Å². The molecule has 1 rings (SSSR count). The van der Waals surface area contributed by atoms with Crippen LogP contribution < -0.4 is 10.6 Å². The first-order chi connectivity index (χ1) is 9.10. The van der Waals surface area contributed by atoms with Crippen LogP contribution in [0, 0.1) is 0 Å². The highest BCUT2D eigenvalue weighted by Crippen LogP contribution is 2.12. The van der Waals surface area contributed by atoms with Crippen molar-refractivity contribution in [1.82, 2.24) is 14.9 Å².